The first-order valence-corrected chi connectivity index (χ1v) is 6.72. The van der Waals surface area contributed by atoms with Crippen molar-refractivity contribution in [3.05, 3.63) is 0 Å². The Morgan fingerprint density at radius 2 is 1.75 bits per heavy atom. The fourth-order valence-corrected chi connectivity index (χ4v) is 2.21. The second kappa shape index (κ2) is 7.70. The van der Waals surface area contributed by atoms with Gasteiger partial charge in [0.05, 0.1) is 5.41 Å². The lowest BCUT2D eigenvalue weighted by molar-refractivity contribution is -0.150. The van der Waals surface area contributed by atoms with Gasteiger partial charge in [-0.3, -0.25) is 4.79 Å². The molecule has 1 atom stereocenters. The van der Waals surface area contributed by atoms with Crippen molar-refractivity contribution in [2.45, 2.75) is 72.6 Å². The molecule has 2 heteroatoms. The molecule has 0 aromatic heterocycles. The number of rotatable bonds is 9. The van der Waals surface area contributed by atoms with Crippen LogP contribution in [0.4, 0.5) is 0 Å². The average molecular weight is 228 g/mol. The van der Waals surface area contributed by atoms with E-state index in [0.29, 0.717) is 5.92 Å². The van der Waals surface area contributed by atoms with Crippen LogP contribution in [0.15, 0.2) is 0 Å². The summed E-state index contributed by atoms with van der Waals surface area (Å²) < 4.78 is 0. The van der Waals surface area contributed by atoms with Gasteiger partial charge >= 0.3 is 5.97 Å². The molecule has 0 aromatic rings. The summed E-state index contributed by atoms with van der Waals surface area (Å²) in [6, 6.07) is 0. The molecule has 0 aromatic carbocycles. The van der Waals surface area contributed by atoms with Crippen LogP contribution in [0, 0.1) is 11.3 Å². The van der Waals surface area contributed by atoms with Crippen molar-refractivity contribution in [3.63, 3.8) is 0 Å². The molecule has 0 fully saturated rings. The van der Waals surface area contributed by atoms with Crippen molar-refractivity contribution in [1.82, 2.24) is 0 Å². The van der Waals surface area contributed by atoms with E-state index in [0.717, 1.165) is 44.9 Å². The molecule has 0 aliphatic heterocycles. The average Bonchev–Trinajstić information content (AvgIpc) is 2.22. The molecule has 16 heavy (non-hydrogen) atoms. The van der Waals surface area contributed by atoms with Crippen molar-refractivity contribution < 1.29 is 9.90 Å². The van der Waals surface area contributed by atoms with Crippen molar-refractivity contribution in [3.8, 4) is 0 Å². The number of hydrogen-bond acceptors (Lipinski definition) is 1. The summed E-state index contributed by atoms with van der Waals surface area (Å²) in [5, 5.41) is 9.42. The first-order chi connectivity index (χ1) is 7.48. The van der Waals surface area contributed by atoms with Crippen LogP contribution in [-0.4, -0.2) is 11.1 Å². The second-order valence-electron chi connectivity index (χ2n) is 5.33. The lowest BCUT2D eigenvalue weighted by atomic mass is 9.75. The van der Waals surface area contributed by atoms with Gasteiger partial charge in [0.25, 0.3) is 0 Å². The standard InChI is InChI=1S/C14H28O2/c1-5-7-10-14(6-2,13(15)16)11-8-9-12(3)4/h12H,5-11H2,1-4H3,(H,15,16). The van der Waals surface area contributed by atoms with Crippen LogP contribution in [0.2, 0.25) is 0 Å². The number of carboxylic acids is 1. The van der Waals surface area contributed by atoms with Crippen LogP contribution >= 0.6 is 0 Å². The van der Waals surface area contributed by atoms with Crippen LogP contribution in [0.25, 0.3) is 0 Å². The summed E-state index contributed by atoms with van der Waals surface area (Å²) in [6.07, 6.45) is 6.74. The Labute approximate surface area is 100 Å². The summed E-state index contributed by atoms with van der Waals surface area (Å²) in [7, 11) is 0. The zero-order chi connectivity index (χ0) is 12.6. The van der Waals surface area contributed by atoms with Gasteiger partial charge in [0.2, 0.25) is 0 Å². The second-order valence-corrected chi connectivity index (χ2v) is 5.33. The minimum absolute atomic E-state index is 0.453. The van der Waals surface area contributed by atoms with E-state index in [2.05, 4.69) is 20.8 Å². The fraction of sp³-hybridized carbons (Fsp3) is 0.929. The molecule has 0 aliphatic rings. The van der Waals surface area contributed by atoms with Crippen LogP contribution in [0.5, 0.6) is 0 Å². The third-order valence-corrected chi connectivity index (χ3v) is 3.58. The number of carbonyl (C=O) groups is 1. The minimum Gasteiger partial charge on any atom is -0.481 e. The van der Waals surface area contributed by atoms with Crippen molar-refractivity contribution in [1.29, 1.82) is 0 Å². The molecule has 0 spiro atoms. The monoisotopic (exact) mass is 228 g/mol. The Kier molecular flexibility index (Phi) is 7.44. The number of hydrogen-bond donors (Lipinski definition) is 1. The van der Waals surface area contributed by atoms with Gasteiger partial charge in [0.1, 0.15) is 0 Å². The molecule has 96 valence electrons. The van der Waals surface area contributed by atoms with E-state index in [1.54, 1.807) is 0 Å². The van der Waals surface area contributed by atoms with E-state index in [1.807, 2.05) is 6.92 Å². The fourth-order valence-electron chi connectivity index (χ4n) is 2.21. The van der Waals surface area contributed by atoms with Gasteiger partial charge in [-0.25, -0.2) is 0 Å². The number of aliphatic carboxylic acids is 1. The minimum atomic E-state index is -0.591. The lowest BCUT2D eigenvalue weighted by Crippen LogP contribution is -2.30. The van der Waals surface area contributed by atoms with E-state index in [9.17, 15) is 9.90 Å². The third-order valence-electron chi connectivity index (χ3n) is 3.58. The van der Waals surface area contributed by atoms with E-state index in [1.165, 1.54) is 0 Å². The highest BCUT2D eigenvalue weighted by molar-refractivity contribution is 5.74. The van der Waals surface area contributed by atoms with Gasteiger partial charge in [-0.15, -0.1) is 0 Å². The summed E-state index contributed by atoms with van der Waals surface area (Å²) in [5.74, 6) is 0.0849. The van der Waals surface area contributed by atoms with Crippen LogP contribution in [-0.2, 0) is 4.79 Å². The normalized spacial score (nSPS) is 15.1. The molecule has 0 bridgehead atoms. The van der Waals surface area contributed by atoms with E-state index in [-0.39, 0.29) is 0 Å². The smallest absolute Gasteiger partial charge is 0.309 e. The predicted molar refractivity (Wildman–Crippen MR) is 68.6 cm³/mol. The molecular weight excluding hydrogens is 200 g/mol. The highest BCUT2D eigenvalue weighted by atomic mass is 16.4. The molecule has 0 rings (SSSR count). The lowest BCUT2D eigenvalue weighted by Gasteiger charge is -2.28. The molecule has 0 radical (unpaired) electrons. The summed E-state index contributed by atoms with van der Waals surface area (Å²) >= 11 is 0. The van der Waals surface area contributed by atoms with Crippen LogP contribution in [0.3, 0.4) is 0 Å². The summed E-state index contributed by atoms with van der Waals surface area (Å²) in [6.45, 7) is 8.52. The molecule has 0 saturated carbocycles. The quantitative estimate of drug-likeness (QED) is 0.631. The zero-order valence-corrected chi connectivity index (χ0v) is 11.4. The summed E-state index contributed by atoms with van der Waals surface area (Å²) in [5.41, 5.74) is -0.453. The Hall–Kier alpha value is -0.530. The van der Waals surface area contributed by atoms with E-state index in [4.69, 9.17) is 0 Å². The number of carboxylic acid groups (broad SMARTS) is 1. The topological polar surface area (TPSA) is 37.3 Å². The summed E-state index contributed by atoms with van der Waals surface area (Å²) in [4.78, 5) is 11.4. The van der Waals surface area contributed by atoms with Crippen LogP contribution < -0.4 is 0 Å². The Morgan fingerprint density at radius 1 is 1.19 bits per heavy atom. The molecule has 0 heterocycles. The van der Waals surface area contributed by atoms with Gasteiger partial charge in [0, 0.05) is 0 Å². The highest BCUT2D eigenvalue weighted by Gasteiger charge is 2.35. The molecule has 1 unspecified atom stereocenters. The molecule has 0 amide bonds. The van der Waals surface area contributed by atoms with E-state index < -0.39 is 11.4 Å². The maximum absolute atomic E-state index is 11.4. The van der Waals surface area contributed by atoms with Crippen LogP contribution in [0.1, 0.15) is 72.6 Å². The first-order valence-electron chi connectivity index (χ1n) is 6.72. The number of unbranched alkanes of at least 4 members (excludes halogenated alkanes) is 1. The third kappa shape index (κ3) is 5.00. The Balaban J connectivity index is 4.33. The first kappa shape index (κ1) is 15.5. The largest absolute Gasteiger partial charge is 0.481 e. The Morgan fingerprint density at radius 3 is 2.12 bits per heavy atom. The van der Waals surface area contributed by atoms with Gasteiger partial charge in [-0.05, 0) is 25.2 Å². The van der Waals surface area contributed by atoms with Gasteiger partial charge in [-0.2, -0.15) is 0 Å². The maximum Gasteiger partial charge on any atom is 0.309 e. The highest BCUT2D eigenvalue weighted by Crippen LogP contribution is 2.35. The molecule has 0 aliphatic carbocycles. The molecule has 2 nitrogen and oxygen atoms in total. The predicted octanol–water partition coefficient (Wildman–Crippen LogP) is 4.48. The molecular formula is C14H28O2. The van der Waals surface area contributed by atoms with E-state index >= 15 is 0 Å². The van der Waals surface area contributed by atoms with Crippen molar-refractivity contribution >= 4 is 5.97 Å². The molecule has 1 N–H and O–H groups in total. The van der Waals surface area contributed by atoms with Gasteiger partial charge < -0.3 is 5.11 Å². The van der Waals surface area contributed by atoms with Crippen molar-refractivity contribution in [2.75, 3.05) is 0 Å². The Bertz CT molecular complexity index is 199. The maximum atomic E-state index is 11.4. The van der Waals surface area contributed by atoms with Crippen molar-refractivity contribution in [2.24, 2.45) is 11.3 Å². The van der Waals surface area contributed by atoms with Gasteiger partial charge in [-0.1, -0.05) is 53.4 Å². The SMILES string of the molecule is CCCCC(CC)(CCCC(C)C)C(=O)O. The zero-order valence-electron chi connectivity index (χ0n) is 11.4. The van der Waals surface area contributed by atoms with Gasteiger partial charge in [0.15, 0.2) is 0 Å². The molecule has 0 saturated heterocycles.